The first-order chi connectivity index (χ1) is 21.5. The predicted octanol–water partition coefficient (Wildman–Crippen LogP) is 7.85. The standard InChI is InChI=1S/C36H45N5O3Si/c1-27-34(43-24-30-11-9-8-10-12-30)33(35-38-37-26-40(35)23-29-17-19-32(42-5)20-18-29)41(39-27)22-21-28-13-15-31(16-14-28)25-44-45(6,7)36(2,3)4/h8-20,26H,21-25H2,1-7H3. The van der Waals surface area contributed by atoms with Crippen molar-refractivity contribution in [1.82, 2.24) is 24.5 Å². The van der Waals surface area contributed by atoms with Crippen LogP contribution in [-0.4, -0.2) is 40.0 Å². The van der Waals surface area contributed by atoms with Crippen molar-refractivity contribution in [2.24, 2.45) is 0 Å². The van der Waals surface area contributed by atoms with Crippen LogP contribution >= 0.6 is 0 Å². The summed E-state index contributed by atoms with van der Waals surface area (Å²) in [5.74, 6) is 2.26. The molecule has 0 radical (unpaired) electrons. The van der Waals surface area contributed by atoms with Crippen molar-refractivity contribution in [2.75, 3.05) is 7.11 Å². The maximum atomic E-state index is 6.45. The molecule has 45 heavy (non-hydrogen) atoms. The van der Waals surface area contributed by atoms with Crippen LogP contribution in [0, 0.1) is 6.92 Å². The molecule has 0 spiro atoms. The summed E-state index contributed by atoms with van der Waals surface area (Å²) >= 11 is 0. The third-order valence-corrected chi connectivity index (χ3v) is 13.2. The maximum absolute atomic E-state index is 6.45. The van der Waals surface area contributed by atoms with Gasteiger partial charge < -0.3 is 18.5 Å². The second kappa shape index (κ2) is 13.8. The zero-order valence-corrected chi connectivity index (χ0v) is 28.6. The van der Waals surface area contributed by atoms with Crippen molar-refractivity contribution < 1.29 is 13.9 Å². The minimum atomic E-state index is -1.80. The second-order valence-corrected chi connectivity index (χ2v) is 17.8. The van der Waals surface area contributed by atoms with Gasteiger partial charge in [-0.3, -0.25) is 4.68 Å². The summed E-state index contributed by atoms with van der Waals surface area (Å²) < 4.78 is 22.3. The highest BCUT2D eigenvalue weighted by atomic mass is 28.4. The Balaban J connectivity index is 1.37. The van der Waals surface area contributed by atoms with Gasteiger partial charge in [-0.2, -0.15) is 5.10 Å². The fraction of sp³-hybridized carbons (Fsp3) is 0.361. The van der Waals surface area contributed by atoms with Gasteiger partial charge >= 0.3 is 0 Å². The highest BCUT2D eigenvalue weighted by molar-refractivity contribution is 6.74. The fourth-order valence-corrected chi connectivity index (χ4v) is 5.81. The molecule has 5 aromatic rings. The highest BCUT2D eigenvalue weighted by Gasteiger charge is 2.37. The molecule has 0 saturated heterocycles. The van der Waals surface area contributed by atoms with Gasteiger partial charge in [0, 0.05) is 6.54 Å². The number of hydrogen-bond acceptors (Lipinski definition) is 6. The van der Waals surface area contributed by atoms with Gasteiger partial charge in [0.2, 0.25) is 0 Å². The molecular weight excluding hydrogens is 579 g/mol. The van der Waals surface area contributed by atoms with Gasteiger partial charge in [0.15, 0.2) is 19.9 Å². The van der Waals surface area contributed by atoms with E-state index in [1.54, 1.807) is 13.4 Å². The fourth-order valence-electron chi connectivity index (χ4n) is 4.85. The zero-order chi connectivity index (χ0) is 32.0. The molecule has 0 unspecified atom stereocenters. The lowest BCUT2D eigenvalue weighted by Crippen LogP contribution is -2.40. The van der Waals surface area contributed by atoms with E-state index in [0.717, 1.165) is 40.4 Å². The summed E-state index contributed by atoms with van der Waals surface area (Å²) in [5, 5.41) is 14.0. The summed E-state index contributed by atoms with van der Waals surface area (Å²) in [6.07, 6.45) is 2.57. The van der Waals surface area contributed by atoms with Crippen LogP contribution in [0.3, 0.4) is 0 Å². The van der Waals surface area contributed by atoms with Crippen LogP contribution in [0.5, 0.6) is 11.5 Å². The topological polar surface area (TPSA) is 76.2 Å². The number of nitrogens with zero attached hydrogens (tertiary/aromatic N) is 5. The summed E-state index contributed by atoms with van der Waals surface area (Å²) in [6.45, 7) is 15.7. The number of aromatic nitrogens is 5. The Morgan fingerprint density at radius 3 is 2.11 bits per heavy atom. The molecule has 0 fully saturated rings. The average molecular weight is 624 g/mol. The third kappa shape index (κ3) is 7.90. The molecule has 9 heteroatoms. The second-order valence-electron chi connectivity index (χ2n) is 13.0. The molecule has 0 bridgehead atoms. The van der Waals surface area contributed by atoms with Crippen molar-refractivity contribution in [2.45, 2.75) is 78.6 Å². The van der Waals surface area contributed by atoms with E-state index in [0.29, 0.717) is 32.1 Å². The van der Waals surface area contributed by atoms with Gasteiger partial charge in [0.1, 0.15) is 30.1 Å². The lowest BCUT2D eigenvalue weighted by atomic mass is 10.1. The molecule has 3 aromatic carbocycles. The van der Waals surface area contributed by atoms with E-state index in [1.165, 1.54) is 11.1 Å². The SMILES string of the molecule is COc1ccc(Cn2cnnc2-c2c(OCc3ccccc3)c(C)nn2CCc2ccc(CO[Si](C)(C)C(C)(C)C)cc2)cc1. The Hall–Kier alpha value is -4.21. The van der Waals surface area contributed by atoms with Crippen molar-refractivity contribution >= 4 is 8.32 Å². The molecule has 0 amide bonds. The largest absolute Gasteiger partial charge is 0.497 e. The van der Waals surface area contributed by atoms with Crippen LogP contribution in [0.4, 0.5) is 0 Å². The molecule has 0 N–H and O–H groups in total. The predicted molar refractivity (Wildman–Crippen MR) is 181 cm³/mol. The number of hydrogen-bond donors (Lipinski definition) is 0. The molecule has 0 saturated carbocycles. The summed E-state index contributed by atoms with van der Waals surface area (Å²) in [5.41, 5.74) is 6.28. The maximum Gasteiger partial charge on any atom is 0.192 e. The third-order valence-electron chi connectivity index (χ3n) is 8.68. The normalized spacial score (nSPS) is 12.0. The van der Waals surface area contributed by atoms with Crippen LogP contribution in [0.15, 0.2) is 85.2 Å². The molecule has 5 rings (SSSR count). The molecular formula is C36H45N5O3Si. The van der Waals surface area contributed by atoms with Gasteiger partial charge in [-0.15, -0.1) is 10.2 Å². The van der Waals surface area contributed by atoms with Crippen molar-refractivity contribution in [1.29, 1.82) is 0 Å². The Labute approximate surface area is 268 Å². The van der Waals surface area contributed by atoms with E-state index in [9.17, 15) is 0 Å². The van der Waals surface area contributed by atoms with Crippen LogP contribution < -0.4 is 9.47 Å². The number of benzene rings is 3. The van der Waals surface area contributed by atoms with Gasteiger partial charge in [-0.05, 0) is 65.9 Å². The van der Waals surface area contributed by atoms with E-state index in [1.807, 2.05) is 46.5 Å². The molecule has 2 heterocycles. The summed E-state index contributed by atoms with van der Waals surface area (Å²) in [7, 11) is -0.128. The van der Waals surface area contributed by atoms with Gasteiger partial charge in [0.25, 0.3) is 0 Å². The van der Waals surface area contributed by atoms with E-state index >= 15 is 0 Å². The van der Waals surface area contributed by atoms with Crippen LogP contribution in [0.1, 0.15) is 48.7 Å². The molecule has 236 valence electrons. The number of ether oxygens (including phenoxy) is 2. The summed E-state index contributed by atoms with van der Waals surface area (Å²) in [6, 6.07) is 27.0. The Morgan fingerprint density at radius 1 is 0.800 bits per heavy atom. The van der Waals surface area contributed by atoms with E-state index in [4.69, 9.17) is 19.0 Å². The number of aryl methyl sites for hydroxylation is 3. The molecule has 8 nitrogen and oxygen atoms in total. The first-order valence-electron chi connectivity index (χ1n) is 15.5. The smallest absolute Gasteiger partial charge is 0.192 e. The highest BCUT2D eigenvalue weighted by Crippen LogP contribution is 2.37. The minimum absolute atomic E-state index is 0.190. The molecule has 0 aliphatic carbocycles. The quantitative estimate of drug-likeness (QED) is 0.124. The van der Waals surface area contributed by atoms with Crippen molar-refractivity contribution in [3.8, 4) is 23.0 Å². The van der Waals surface area contributed by atoms with Crippen LogP contribution in [0.2, 0.25) is 18.1 Å². The van der Waals surface area contributed by atoms with E-state index in [-0.39, 0.29) is 5.04 Å². The minimum Gasteiger partial charge on any atom is -0.497 e. The lowest BCUT2D eigenvalue weighted by Gasteiger charge is -2.36. The van der Waals surface area contributed by atoms with E-state index in [2.05, 4.69) is 92.6 Å². The molecule has 2 aromatic heterocycles. The van der Waals surface area contributed by atoms with Gasteiger partial charge in [-0.25, -0.2) is 0 Å². The monoisotopic (exact) mass is 623 g/mol. The average Bonchev–Trinajstić information content (AvgIpc) is 3.61. The molecule has 0 aliphatic rings. The van der Waals surface area contributed by atoms with Gasteiger partial charge in [-0.1, -0.05) is 87.5 Å². The Kier molecular flexibility index (Phi) is 9.89. The number of rotatable bonds is 13. The van der Waals surface area contributed by atoms with Gasteiger partial charge in [0.05, 0.1) is 20.3 Å². The molecule has 0 atom stereocenters. The number of methoxy groups -OCH3 is 1. The first-order valence-corrected chi connectivity index (χ1v) is 18.4. The Bertz CT molecular complexity index is 1670. The van der Waals surface area contributed by atoms with Crippen molar-refractivity contribution in [3.63, 3.8) is 0 Å². The van der Waals surface area contributed by atoms with Crippen LogP contribution in [-0.2, 0) is 37.2 Å². The van der Waals surface area contributed by atoms with E-state index < -0.39 is 8.32 Å². The summed E-state index contributed by atoms with van der Waals surface area (Å²) in [4.78, 5) is 0. The van der Waals surface area contributed by atoms with Crippen LogP contribution in [0.25, 0.3) is 11.5 Å². The molecule has 0 aliphatic heterocycles. The Morgan fingerprint density at radius 2 is 1.44 bits per heavy atom. The first kappa shape index (κ1) is 32.2. The van der Waals surface area contributed by atoms with Crippen molar-refractivity contribution in [3.05, 3.63) is 113 Å². The lowest BCUT2D eigenvalue weighted by molar-refractivity contribution is 0.276. The zero-order valence-electron chi connectivity index (χ0n) is 27.6.